The molecule has 0 spiro atoms. The van der Waals surface area contributed by atoms with E-state index in [-0.39, 0.29) is 6.03 Å². The predicted molar refractivity (Wildman–Crippen MR) is 78.7 cm³/mol. The fourth-order valence-electron chi connectivity index (χ4n) is 1.84. The summed E-state index contributed by atoms with van der Waals surface area (Å²) in [5.41, 5.74) is 1.39. The van der Waals surface area contributed by atoms with Gasteiger partial charge < -0.3 is 15.3 Å². The summed E-state index contributed by atoms with van der Waals surface area (Å²) in [6.45, 7) is 3.79. The number of carbonyl (C=O) groups is 1. The Morgan fingerprint density at radius 3 is 2.90 bits per heavy atom. The smallest absolute Gasteiger partial charge is 0.321 e. The molecule has 7 nitrogen and oxygen atoms in total. The Hall–Kier alpha value is -2.41. The van der Waals surface area contributed by atoms with E-state index in [1.54, 1.807) is 45.2 Å². The molecular weight excluding hydrogens is 270 g/mol. The van der Waals surface area contributed by atoms with Crippen molar-refractivity contribution in [2.24, 2.45) is 0 Å². The molecule has 1 atom stereocenters. The Morgan fingerprint density at radius 1 is 1.52 bits per heavy atom. The van der Waals surface area contributed by atoms with E-state index in [2.05, 4.69) is 20.5 Å². The number of aliphatic hydroxyl groups excluding tert-OH is 1. The van der Waals surface area contributed by atoms with Gasteiger partial charge in [0.1, 0.15) is 5.82 Å². The molecule has 21 heavy (non-hydrogen) atoms. The Bertz CT molecular complexity index is 623. The number of nitrogens with one attached hydrogen (secondary N) is 2. The zero-order valence-electron chi connectivity index (χ0n) is 12.3. The molecule has 0 aliphatic heterocycles. The van der Waals surface area contributed by atoms with Gasteiger partial charge in [-0.3, -0.25) is 5.10 Å². The van der Waals surface area contributed by atoms with Crippen molar-refractivity contribution in [1.82, 2.24) is 20.1 Å². The molecule has 0 aliphatic carbocycles. The van der Waals surface area contributed by atoms with Crippen LogP contribution in [0.15, 0.2) is 24.3 Å². The summed E-state index contributed by atoms with van der Waals surface area (Å²) in [7, 11) is 1.67. The molecule has 2 amide bonds. The van der Waals surface area contributed by atoms with E-state index in [1.807, 2.05) is 0 Å². The number of rotatable bonds is 4. The van der Waals surface area contributed by atoms with Crippen LogP contribution in [0.5, 0.6) is 0 Å². The normalized spacial score (nSPS) is 12.0. The lowest BCUT2D eigenvalue weighted by atomic mass is 10.1. The van der Waals surface area contributed by atoms with Crippen LogP contribution in [-0.4, -0.2) is 38.3 Å². The standard InChI is InChI=1S/C14H19N5O2/c1-9(20)11-5-4-6-12(7-11)16-14(21)19(3)8-13-15-10(2)17-18-13/h4-7,9,20H,8H2,1-3H3,(H,16,21)(H,15,17,18). The zero-order chi connectivity index (χ0) is 15.4. The Labute approximate surface area is 123 Å². The second-order valence-electron chi connectivity index (χ2n) is 4.92. The van der Waals surface area contributed by atoms with Gasteiger partial charge in [0.15, 0.2) is 5.82 Å². The average molecular weight is 289 g/mol. The minimum Gasteiger partial charge on any atom is -0.389 e. The maximum absolute atomic E-state index is 12.1. The van der Waals surface area contributed by atoms with E-state index < -0.39 is 6.10 Å². The van der Waals surface area contributed by atoms with E-state index in [0.717, 1.165) is 5.56 Å². The molecule has 0 saturated carbocycles. The van der Waals surface area contributed by atoms with Gasteiger partial charge in [-0.05, 0) is 31.5 Å². The van der Waals surface area contributed by atoms with Crippen LogP contribution in [0.25, 0.3) is 0 Å². The molecule has 0 fully saturated rings. The van der Waals surface area contributed by atoms with Crippen LogP contribution in [0.4, 0.5) is 10.5 Å². The fourth-order valence-corrected chi connectivity index (χ4v) is 1.84. The minimum atomic E-state index is -0.573. The van der Waals surface area contributed by atoms with Crippen LogP contribution in [-0.2, 0) is 6.54 Å². The first kappa shape index (κ1) is 15.0. The summed E-state index contributed by atoms with van der Waals surface area (Å²) in [5.74, 6) is 1.27. The van der Waals surface area contributed by atoms with E-state index in [0.29, 0.717) is 23.9 Å². The number of urea groups is 1. The monoisotopic (exact) mass is 289 g/mol. The largest absolute Gasteiger partial charge is 0.389 e. The van der Waals surface area contributed by atoms with E-state index in [1.165, 1.54) is 4.90 Å². The Kier molecular flexibility index (Phi) is 4.54. The molecular formula is C14H19N5O2. The molecule has 0 radical (unpaired) electrons. The number of aliphatic hydroxyl groups is 1. The second kappa shape index (κ2) is 6.36. The van der Waals surface area contributed by atoms with Crippen molar-refractivity contribution in [1.29, 1.82) is 0 Å². The number of anilines is 1. The molecule has 0 bridgehead atoms. The summed E-state index contributed by atoms with van der Waals surface area (Å²) in [6.07, 6.45) is -0.573. The number of aromatic nitrogens is 3. The van der Waals surface area contributed by atoms with Crippen molar-refractivity contribution in [3.05, 3.63) is 41.5 Å². The summed E-state index contributed by atoms with van der Waals surface area (Å²) < 4.78 is 0. The van der Waals surface area contributed by atoms with Crippen molar-refractivity contribution in [3.63, 3.8) is 0 Å². The highest BCUT2D eigenvalue weighted by Gasteiger charge is 2.12. The maximum atomic E-state index is 12.1. The lowest BCUT2D eigenvalue weighted by Crippen LogP contribution is -2.31. The predicted octanol–water partition coefficient (Wildman–Crippen LogP) is 1.83. The van der Waals surface area contributed by atoms with Crippen LogP contribution >= 0.6 is 0 Å². The summed E-state index contributed by atoms with van der Waals surface area (Å²) in [6, 6.07) is 6.85. The first-order valence-corrected chi connectivity index (χ1v) is 6.63. The van der Waals surface area contributed by atoms with Gasteiger partial charge in [-0.2, -0.15) is 5.10 Å². The van der Waals surface area contributed by atoms with E-state index in [4.69, 9.17) is 0 Å². The minimum absolute atomic E-state index is 0.264. The highest BCUT2D eigenvalue weighted by atomic mass is 16.3. The molecule has 112 valence electrons. The van der Waals surface area contributed by atoms with Crippen LogP contribution in [0.1, 0.15) is 30.2 Å². The maximum Gasteiger partial charge on any atom is 0.321 e. The molecule has 7 heteroatoms. The third kappa shape index (κ3) is 4.03. The SMILES string of the molecule is Cc1nc(CN(C)C(=O)Nc2cccc(C(C)O)c2)n[nH]1. The highest BCUT2D eigenvalue weighted by Crippen LogP contribution is 2.17. The van der Waals surface area contributed by atoms with Gasteiger partial charge in [-0.1, -0.05) is 12.1 Å². The Balaban J connectivity index is 1.98. The van der Waals surface area contributed by atoms with Gasteiger partial charge in [-0.15, -0.1) is 0 Å². The molecule has 2 rings (SSSR count). The first-order valence-electron chi connectivity index (χ1n) is 6.63. The fraction of sp³-hybridized carbons (Fsp3) is 0.357. The number of carbonyl (C=O) groups excluding carboxylic acids is 1. The topological polar surface area (TPSA) is 94.1 Å². The molecule has 2 aromatic rings. The summed E-state index contributed by atoms with van der Waals surface area (Å²) in [4.78, 5) is 17.7. The molecule has 0 saturated heterocycles. The molecule has 1 aromatic carbocycles. The number of hydrogen-bond donors (Lipinski definition) is 3. The van der Waals surface area contributed by atoms with Gasteiger partial charge in [0.2, 0.25) is 0 Å². The van der Waals surface area contributed by atoms with Crippen LogP contribution in [0.2, 0.25) is 0 Å². The van der Waals surface area contributed by atoms with Gasteiger partial charge in [0, 0.05) is 12.7 Å². The van der Waals surface area contributed by atoms with Crippen molar-refractivity contribution >= 4 is 11.7 Å². The number of aromatic amines is 1. The third-order valence-corrected chi connectivity index (χ3v) is 2.99. The van der Waals surface area contributed by atoms with Crippen LogP contribution in [0, 0.1) is 6.92 Å². The summed E-state index contributed by atoms with van der Waals surface area (Å²) in [5, 5.41) is 19.0. The van der Waals surface area contributed by atoms with Crippen molar-refractivity contribution in [2.45, 2.75) is 26.5 Å². The van der Waals surface area contributed by atoms with Crippen molar-refractivity contribution < 1.29 is 9.90 Å². The lowest BCUT2D eigenvalue weighted by Gasteiger charge is -2.17. The molecule has 3 N–H and O–H groups in total. The quantitative estimate of drug-likeness (QED) is 0.800. The van der Waals surface area contributed by atoms with Crippen LogP contribution < -0.4 is 5.32 Å². The van der Waals surface area contributed by atoms with E-state index in [9.17, 15) is 9.90 Å². The Morgan fingerprint density at radius 2 is 2.29 bits per heavy atom. The van der Waals surface area contributed by atoms with Gasteiger partial charge in [0.05, 0.1) is 12.6 Å². The molecule has 1 unspecified atom stereocenters. The van der Waals surface area contributed by atoms with Crippen LogP contribution in [0.3, 0.4) is 0 Å². The number of amides is 2. The van der Waals surface area contributed by atoms with Gasteiger partial charge >= 0.3 is 6.03 Å². The number of aryl methyl sites for hydroxylation is 1. The third-order valence-electron chi connectivity index (χ3n) is 2.99. The van der Waals surface area contributed by atoms with Gasteiger partial charge in [-0.25, -0.2) is 9.78 Å². The lowest BCUT2D eigenvalue weighted by molar-refractivity contribution is 0.199. The highest BCUT2D eigenvalue weighted by molar-refractivity contribution is 5.89. The number of H-pyrrole nitrogens is 1. The van der Waals surface area contributed by atoms with E-state index >= 15 is 0 Å². The number of hydrogen-bond acceptors (Lipinski definition) is 4. The average Bonchev–Trinajstić information content (AvgIpc) is 2.84. The number of benzene rings is 1. The zero-order valence-corrected chi connectivity index (χ0v) is 12.3. The van der Waals surface area contributed by atoms with Gasteiger partial charge in [0.25, 0.3) is 0 Å². The summed E-state index contributed by atoms with van der Waals surface area (Å²) >= 11 is 0. The molecule has 1 heterocycles. The molecule has 1 aromatic heterocycles. The van der Waals surface area contributed by atoms with Crippen molar-refractivity contribution in [3.8, 4) is 0 Å². The first-order chi connectivity index (χ1) is 9.95. The molecule has 0 aliphatic rings. The number of nitrogens with zero attached hydrogens (tertiary/aromatic N) is 3. The second-order valence-corrected chi connectivity index (χ2v) is 4.92. The van der Waals surface area contributed by atoms with Crippen molar-refractivity contribution in [2.75, 3.05) is 12.4 Å².